The standard InChI is InChI=1S/C39H29NO/c1-39(2)34-25-30(21-22-31(34)32-23-24-36-37(38(32)39)33-15-9-10-16-35(33)41-36)40(28-13-7-4-8-14-28)29-19-17-27(18-20-29)26-11-5-3-6-12-26/h3-25H,1-2H3. The Kier molecular flexibility index (Phi) is 5.20. The van der Waals surface area contributed by atoms with Crippen molar-refractivity contribution in [3.8, 4) is 22.3 Å². The molecule has 1 aliphatic carbocycles. The third-order valence-electron chi connectivity index (χ3n) is 8.64. The number of hydrogen-bond acceptors (Lipinski definition) is 2. The van der Waals surface area contributed by atoms with Gasteiger partial charge in [0.05, 0.1) is 0 Å². The second-order valence-electron chi connectivity index (χ2n) is 11.4. The lowest BCUT2D eigenvalue weighted by molar-refractivity contribution is 0.657. The van der Waals surface area contributed by atoms with Gasteiger partial charge in [-0.25, -0.2) is 0 Å². The Bertz CT molecular complexity index is 2050. The zero-order valence-corrected chi connectivity index (χ0v) is 23.1. The summed E-state index contributed by atoms with van der Waals surface area (Å²) in [4.78, 5) is 2.36. The van der Waals surface area contributed by atoms with Crippen LogP contribution in [0.2, 0.25) is 0 Å². The number of hydrogen-bond donors (Lipinski definition) is 0. The second-order valence-corrected chi connectivity index (χ2v) is 11.4. The topological polar surface area (TPSA) is 16.4 Å². The van der Waals surface area contributed by atoms with Crippen LogP contribution in [0.15, 0.2) is 144 Å². The Labute approximate surface area is 240 Å². The summed E-state index contributed by atoms with van der Waals surface area (Å²) in [5, 5.41) is 2.42. The summed E-state index contributed by atoms with van der Waals surface area (Å²) in [6.07, 6.45) is 0. The van der Waals surface area contributed by atoms with Gasteiger partial charge in [0, 0.05) is 33.2 Å². The van der Waals surface area contributed by atoms with Crippen LogP contribution in [-0.2, 0) is 5.41 Å². The van der Waals surface area contributed by atoms with Crippen LogP contribution >= 0.6 is 0 Å². The van der Waals surface area contributed by atoms with Crippen molar-refractivity contribution in [2.45, 2.75) is 19.3 Å². The molecule has 1 aliphatic rings. The van der Waals surface area contributed by atoms with Crippen molar-refractivity contribution in [2.24, 2.45) is 0 Å². The van der Waals surface area contributed by atoms with E-state index in [2.05, 4.69) is 152 Å². The van der Waals surface area contributed by atoms with Crippen LogP contribution < -0.4 is 4.90 Å². The van der Waals surface area contributed by atoms with E-state index in [-0.39, 0.29) is 5.41 Å². The number of benzene rings is 6. The normalized spacial score (nSPS) is 13.3. The van der Waals surface area contributed by atoms with Gasteiger partial charge in [-0.2, -0.15) is 0 Å². The van der Waals surface area contributed by atoms with E-state index in [9.17, 15) is 0 Å². The van der Waals surface area contributed by atoms with Crippen LogP contribution in [0.1, 0.15) is 25.0 Å². The highest BCUT2D eigenvalue weighted by Gasteiger charge is 2.38. The Morgan fingerprint density at radius 3 is 1.90 bits per heavy atom. The Hall–Kier alpha value is -5.08. The first-order chi connectivity index (χ1) is 20.1. The fourth-order valence-electron chi connectivity index (χ4n) is 6.71. The minimum atomic E-state index is -0.188. The van der Waals surface area contributed by atoms with E-state index in [0.29, 0.717) is 0 Å². The maximum Gasteiger partial charge on any atom is 0.135 e. The van der Waals surface area contributed by atoms with Gasteiger partial charge in [0.2, 0.25) is 0 Å². The van der Waals surface area contributed by atoms with Crippen LogP contribution in [0, 0.1) is 0 Å². The number of nitrogens with zero attached hydrogens (tertiary/aromatic N) is 1. The van der Waals surface area contributed by atoms with Gasteiger partial charge in [-0.05, 0) is 81.9 Å². The highest BCUT2D eigenvalue weighted by Crippen LogP contribution is 2.54. The molecule has 7 aromatic rings. The average Bonchev–Trinajstić information content (AvgIpc) is 3.51. The van der Waals surface area contributed by atoms with Gasteiger partial charge in [-0.3, -0.25) is 0 Å². The molecule has 0 amide bonds. The van der Waals surface area contributed by atoms with E-state index in [1.165, 1.54) is 44.2 Å². The first-order valence-corrected chi connectivity index (χ1v) is 14.2. The third-order valence-corrected chi connectivity index (χ3v) is 8.64. The van der Waals surface area contributed by atoms with E-state index in [1.807, 2.05) is 6.07 Å². The van der Waals surface area contributed by atoms with Crippen molar-refractivity contribution in [1.82, 2.24) is 0 Å². The Balaban J connectivity index is 1.28. The first-order valence-electron chi connectivity index (χ1n) is 14.2. The van der Waals surface area contributed by atoms with Gasteiger partial charge in [-0.15, -0.1) is 0 Å². The van der Waals surface area contributed by atoms with E-state index in [4.69, 9.17) is 4.42 Å². The molecule has 0 atom stereocenters. The van der Waals surface area contributed by atoms with E-state index < -0.39 is 0 Å². The molecule has 196 valence electrons. The van der Waals surface area contributed by atoms with Crippen molar-refractivity contribution >= 4 is 39.0 Å². The molecule has 0 saturated carbocycles. The van der Waals surface area contributed by atoms with Crippen molar-refractivity contribution in [3.63, 3.8) is 0 Å². The number of rotatable bonds is 4. The molecule has 0 radical (unpaired) electrons. The second kappa shape index (κ2) is 8.97. The summed E-state index contributed by atoms with van der Waals surface area (Å²) < 4.78 is 6.28. The van der Waals surface area contributed by atoms with Gasteiger partial charge < -0.3 is 9.32 Å². The van der Waals surface area contributed by atoms with Gasteiger partial charge in [0.1, 0.15) is 11.2 Å². The van der Waals surface area contributed by atoms with Crippen molar-refractivity contribution in [3.05, 3.63) is 151 Å². The highest BCUT2D eigenvalue weighted by molar-refractivity contribution is 6.11. The van der Waals surface area contributed by atoms with Crippen LogP contribution in [-0.4, -0.2) is 0 Å². The molecule has 0 aliphatic heterocycles. The van der Waals surface area contributed by atoms with Crippen molar-refractivity contribution < 1.29 is 4.42 Å². The van der Waals surface area contributed by atoms with Crippen LogP contribution in [0.25, 0.3) is 44.2 Å². The quantitative estimate of drug-likeness (QED) is 0.226. The van der Waals surface area contributed by atoms with E-state index >= 15 is 0 Å². The molecular weight excluding hydrogens is 498 g/mol. The molecule has 0 bridgehead atoms. The number of fused-ring (bicyclic) bond motifs is 7. The summed E-state index contributed by atoms with van der Waals surface area (Å²) in [6, 6.07) is 49.8. The van der Waals surface area contributed by atoms with Crippen LogP contribution in [0.4, 0.5) is 17.1 Å². The van der Waals surface area contributed by atoms with Gasteiger partial charge in [0.15, 0.2) is 0 Å². The molecule has 8 rings (SSSR count). The third kappa shape index (κ3) is 3.64. The zero-order chi connectivity index (χ0) is 27.6. The Morgan fingerprint density at radius 1 is 0.512 bits per heavy atom. The van der Waals surface area contributed by atoms with Gasteiger partial charge in [0.25, 0.3) is 0 Å². The van der Waals surface area contributed by atoms with E-state index in [1.54, 1.807) is 0 Å². The molecule has 2 nitrogen and oxygen atoms in total. The summed E-state index contributed by atoms with van der Waals surface area (Å²) in [5.74, 6) is 0. The molecule has 0 fully saturated rings. The molecule has 6 aromatic carbocycles. The molecule has 0 spiro atoms. The van der Waals surface area contributed by atoms with Gasteiger partial charge in [-0.1, -0.05) is 105 Å². The lowest BCUT2D eigenvalue weighted by Gasteiger charge is -2.28. The highest BCUT2D eigenvalue weighted by atomic mass is 16.3. The lowest BCUT2D eigenvalue weighted by Crippen LogP contribution is -2.17. The number of para-hydroxylation sites is 2. The predicted octanol–water partition coefficient (Wildman–Crippen LogP) is 11.0. The van der Waals surface area contributed by atoms with Crippen molar-refractivity contribution in [1.29, 1.82) is 0 Å². The molecule has 2 heteroatoms. The summed E-state index contributed by atoms with van der Waals surface area (Å²) in [7, 11) is 0. The fourth-order valence-corrected chi connectivity index (χ4v) is 6.71. The maximum absolute atomic E-state index is 6.28. The first kappa shape index (κ1) is 23.8. The van der Waals surface area contributed by atoms with Crippen LogP contribution in [0.3, 0.4) is 0 Å². The molecule has 0 N–H and O–H groups in total. The van der Waals surface area contributed by atoms with Gasteiger partial charge >= 0.3 is 0 Å². The van der Waals surface area contributed by atoms with Crippen LogP contribution in [0.5, 0.6) is 0 Å². The minimum absolute atomic E-state index is 0.188. The molecule has 41 heavy (non-hydrogen) atoms. The Morgan fingerprint density at radius 2 is 1.12 bits per heavy atom. The number of anilines is 3. The summed E-state index contributed by atoms with van der Waals surface area (Å²) in [5.41, 5.74) is 12.8. The molecule has 0 unspecified atom stereocenters. The molecule has 1 heterocycles. The smallest absolute Gasteiger partial charge is 0.135 e. The predicted molar refractivity (Wildman–Crippen MR) is 171 cm³/mol. The molecule has 0 saturated heterocycles. The maximum atomic E-state index is 6.28. The zero-order valence-electron chi connectivity index (χ0n) is 23.1. The van der Waals surface area contributed by atoms with E-state index in [0.717, 1.165) is 28.2 Å². The monoisotopic (exact) mass is 527 g/mol. The fraction of sp³-hybridized carbons (Fsp3) is 0.0769. The SMILES string of the molecule is CC1(C)c2cc(N(c3ccccc3)c3ccc(-c4ccccc4)cc3)ccc2-c2ccc3oc4ccccc4c3c21. The average molecular weight is 528 g/mol. The largest absolute Gasteiger partial charge is 0.456 e. The summed E-state index contributed by atoms with van der Waals surface area (Å²) >= 11 is 0. The van der Waals surface area contributed by atoms with Crippen molar-refractivity contribution in [2.75, 3.05) is 4.90 Å². The molecular formula is C39H29NO. The minimum Gasteiger partial charge on any atom is -0.456 e. The molecule has 1 aromatic heterocycles. The number of furan rings is 1. The lowest BCUT2D eigenvalue weighted by atomic mass is 9.80. The summed E-state index contributed by atoms with van der Waals surface area (Å²) in [6.45, 7) is 4.70.